The van der Waals surface area contributed by atoms with E-state index in [0.717, 1.165) is 5.70 Å². The average molecular weight is 137 g/mol. The fourth-order valence-corrected chi connectivity index (χ4v) is 1.31. The van der Waals surface area contributed by atoms with E-state index in [4.69, 9.17) is 0 Å². The van der Waals surface area contributed by atoms with E-state index in [9.17, 15) is 0 Å². The second-order valence-electron chi connectivity index (χ2n) is 2.74. The minimum Gasteiger partial charge on any atom is -0.372 e. The first-order valence-corrected chi connectivity index (χ1v) is 3.91. The molecule has 0 unspecified atom stereocenters. The van der Waals surface area contributed by atoms with Gasteiger partial charge in [0.1, 0.15) is 0 Å². The van der Waals surface area contributed by atoms with Crippen LogP contribution in [-0.2, 0) is 0 Å². The molecule has 0 spiro atoms. The summed E-state index contributed by atoms with van der Waals surface area (Å²) in [5.74, 6) is 0. The predicted molar refractivity (Wildman–Crippen MR) is 44.8 cm³/mol. The molecule has 1 rings (SSSR count). The zero-order chi connectivity index (χ0) is 7.40. The molecule has 1 fully saturated rings. The summed E-state index contributed by atoms with van der Waals surface area (Å²) in [4.78, 5) is 2.30. The third-order valence-electron chi connectivity index (χ3n) is 2.00. The topological polar surface area (TPSA) is 3.24 Å². The van der Waals surface area contributed by atoms with Gasteiger partial charge in [-0.2, -0.15) is 0 Å². The fourth-order valence-electron chi connectivity index (χ4n) is 1.31. The molecule has 0 amide bonds. The molecule has 0 saturated carbocycles. The number of likely N-dealkylation sites (tertiary alicyclic amines) is 1. The molecule has 0 aromatic rings. The molecule has 1 saturated heterocycles. The van der Waals surface area contributed by atoms with E-state index in [1.807, 2.05) is 6.08 Å². The summed E-state index contributed by atoms with van der Waals surface area (Å²) >= 11 is 0. The quantitative estimate of drug-likeness (QED) is 0.527. The number of rotatable bonds is 2. The van der Waals surface area contributed by atoms with Crippen molar-refractivity contribution in [3.8, 4) is 0 Å². The van der Waals surface area contributed by atoms with Crippen LogP contribution in [0.2, 0.25) is 0 Å². The first kappa shape index (κ1) is 7.39. The highest BCUT2D eigenvalue weighted by Crippen LogP contribution is 2.13. The van der Waals surface area contributed by atoms with E-state index in [1.165, 1.54) is 32.4 Å². The summed E-state index contributed by atoms with van der Waals surface area (Å²) < 4.78 is 0. The molecule has 1 aliphatic rings. The molecule has 0 atom stereocenters. The largest absolute Gasteiger partial charge is 0.372 e. The van der Waals surface area contributed by atoms with Crippen molar-refractivity contribution < 1.29 is 0 Å². The molecule has 0 aliphatic carbocycles. The molecule has 0 aromatic carbocycles. The Kier molecular flexibility index (Phi) is 2.55. The first-order chi connectivity index (χ1) is 4.84. The van der Waals surface area contributed by atoms with Crippen LogP contribution >= 0.6 is 0 Å². The second-order valence-corrected chi connectivity index (χ2v) is 2.74. The van der Waals surface area contributed by atoms with Gasteiger partial charge in [0.25, 0.3) is 0 Å². The predicted octanol–water partition coefficient (Wildman–Crippen LogP) is 2.17. The summed E-state index contributed by atoms with van der Waals surface area (Å²) in [7, 11) is 0. The van der Waals surface area contributed by atoms with Crippen molar-refractivity contribution in [2.24, 2.45) is 0 Å². The van der Waals surface area contributed by atoms with Crippen LogP contribution in [0.3, 0.4) is 0 Å². The third-order valence-corrected chi connectivity index (χ3v) is 2.00. The van der Waals surface area contributed by atoms with Gasteiger partial charge in [0, 0.05) is 18.8 Å². The Morgan fingerprint density at radius 3 is 2.30 bits per heavy atom. The molecular formula is C9H15N. The van der Waals surface area contributed by atoms with Crippen molar-refractivity contribution in [3.05, 3.63) is 24.9 Å². The van der Waals surface area contributed by atoms with Gasteiger partial charge in [0.2, 0.25) is 0 Å². The van der Waals surface area contributed by atoms with Crippen LogP contribution in [0.1, 0.15) is 19.3 Å². The Bertz CT molecular complexity index is 132. The van der Waals surface area contributed by atoms with E-state index in [-0.39, 0.29) is 0 Å². The monoisotopic (exact) mass is 137 g/mol. The lowest BCUT2D eigenvalue weighted by molar-refractivity contribution is 0.294. The zero-order valence-corrected chi connectivity index (χ0v) is 6.47. The van der Waals surface area contributed by atoms with Crippen molar-refractivity contribution in [3.63, 3.8) is 0 Å². The van der Waals surface area contributed by atoms with Gasteiger partial charge in [-0.3, -0.25) is 0 Å². The van der Waals surface area contributed by atoms with Gasteiger partial charge in [-0.05, 0) is 25.3 Å². The Balaban J connectivity index is 2.38. The molecule has 0 aromatic heterocycles. The van der Waals surface area contributed by atoms with E-state index < -0.39 is 0 Å². The highest BCUT2D eigenvalue weighted by atomic mass is 15.1. The highest BCUT2D eigenvalue weighted by molar-refractivity contribution is 5.10. The van der Waals surface area contributed by atoms with Gasteiger partial charge in [-0.25, -0.2) is 0 Å². The first-order valence-electron chi connectivity index (χ1n) is 3.91. The summed E-state index contributed by atoms with van der Waals surface area (Å²) in [6.07, 6.45) is 5.84. The van der Waals surface area contributed by atoms with E-state index in [0.29, 0.717) is 0 Å². The summed E-state index contributed by atoms with van der Waals surface area (Å²) in [5, 5.41) is 0. The van der Waals surface area contributed by atoms with Gasteiger partial charge in [0.15, 0.2) is 0 Å². The van der Waals surface area contributed by atoms with Gasteiger partial charge in [-0.15, -0.1) is 0 Å². The Morgan fingerprint density at radius 1 is 1.20 bits per heavy atom. The number of nitrogens with zero attached hydrogens (tertiary/aromatic N) is 1. The molecular weight excluding hydrogens is 122 g/mol. The lowest BCUT2D eigenvalue weighted by Crippen LogP contribution is -2.27. The molecule has 0 radical (unpaired) electrons. The molecule has 1 heteroatoms. The minimum absolute atomic E-state index is 1.08. The van der Waals surface area contributed by atoms with E-state index in [1.54, 1.807) is 0 Å². The Hall–Kier alpha value is -0.720. The summed E-state index contributed by atoms with van der Waals surface area (Å²) in [6.45, 7) is 9.94. The van der Waals surface area contributed by atoms with Crippen LogP contribution in [0.15, 0.2) is 24.9 Å². The fraction of sp³-hybridized carbons (Fsp3) is 0.556. The maximum atomic E-state index is 3.90. The van der Waals surface area contributed by atoms with Crippen molar-refractivity contribution in [2.75, 3.05) is 13.1 Å². The Morgan fingerprint density at radius 2 is 1.80 bits per heavy atom. The van der Waals surface area contributed by atoms with Crippen LogP contribution < -0.4 is 0 Å². The standard InChI is InChI=1S/C9H15N/c1-3-9(2)10-7-5-4-6-8-10/h3H,1-2,4-8H2. The number of hydrogen-bond donors (Lipinski definition) is 0. The van der Waals surface area contributed by atoms with Crippen LogP contribution in [0.4, 0.5) is 0 Å². The van der Waals surface area contributed by atoms with E-state index >= 15 is 0 Å². The molecule has 0 N–H and O–H groups in total. The number of piperidine rings is 1. The summed E-state index contributed by atoms with van der Waals surface area (Å²) in [5.41, 5.74) is 1.08. The molecule has 1 nitrogen and oxygen atoms in total. The van der Waals surface area contributed by atoms with Crippen LogP contribution in [0.5, 0.6) is 0 Å². The third kappa shape index (κ3) is 1.63. The lowest BCUT2D eigenvalue weighted by Gasteiger charge is -2.28. The van der Waals surface area contributed by atoms with Gasteiger partial charge in [-0.1, -0.05) is 13.2 Å². The summed E-state index contributed by atoms with van der Waals surface area (Å²) in [6, 6.07) is 0. The number of hydrogen-bond acceptors (Lipinski definition) is 1. The van der Waals surface area contributed by atoms with Crippen LogP contribution in [-0.4, -0.2) is 18.0 Å². The SMILES string of the molecule is C=CC(=C)N1CCCCC1. The van der Waals surface area contributed by atoms with E-state index in [2.05, 4.69) is 18.1 Å². The highest BCUT2D eigenvalue weighted by Gasteiger charge is 2.08. The van der Waals surface area contributed by atoms with Gasteiger partial charge in [0.05, 0.1) is 0 Å². The van der Waals surface area contributed by atoms with Gasteiger partial charge < -0.3 is 4.90 Å². The maximum Gasteiger partial charge on any atom is 0.0287 e. The molecule has 10 heavy (non-hydrogen) atoms. The molecule has 56 valence electrons. The maximum absolute atomic E-state index is 3.90. The number of allylic oxidation sites excluding steroid dienone is 1. The van der Waals surface area contributed by atoms with Crippen molar-refractivity contribution >= 4 is 0 Å². The smallest absolute Gasteiger partial charge is 0.0287 e. The lowest BCUT2D eigenvalue weighted by atomic mass is 10.1. The minimum atomic E-state index is 1.08. The van der Waals surface area contributed by atoms with Crippen molar-refractivity contribution in [1.29, 1.82) is 0 Å². The van der Waals surface area contributed by atoms with Crippen molar-refractivity contribution in [2.45, 2.75) is 19.3 Å². The van der Waals surface area contributed by atoms with Crippen LogP contribution in [0, 0.1) is 0 Å². The Labute approximate surface area is 63.0 Å². The van der Waals surface area contributed by atoms with Gasteiger partial charge >= 0.3 is 0 Å². The molecule has 0 bridgehead atoms. The molecule has 1 heterocycles. The zero-order valence-electron chi connectivity index (χ0n) is 6.47. The second kappa shape index (κ2) is 3.45. The normalized spacial score (nSPS) is 18.6. The average Bonchev–Trinajstić information content (AvgIpc) is 2.05. The van der Waals surface area contributed by atoms with Crippen LogP contribution in [0.25, 0.3) is 0 Å². The molecule has 1 aliphatic heterocycles. The van der Waals surface area contributed by atoms with Crippen molar-refractivity contribution in [1.82, 2.24) is 4.90 Å².